The summed E-state index contributed by atoms with van der Waals surface area (Å²) in [7, 11) is 7.17. The molecule has 2 saturated carbocycles. The van der Waals surface area contributed by atoms with Gasteiger partial charge in [-0.25, -0.2) is 9.78 Å². The first-order chi connectivity index (χ1) is 20.7. The molecule has 0 spiro atoms. The first-order valence-electron chi connectivity index (χ1n) is 14.5. The van der Waals surface area contributed by atoms with Crippen LogP contribution in [-0.2, 0) is 4.79 Å². The van der Waals surface area contributed by atoms with Crippen LogP contribution in [0.2, 0.25) is 5.02 Å². The van der Waals surface area contributed by atoms with Crippen LogP contribution in [0.3, 0.4) is 0 Å². The summed E-state index contributed by atoms with van der Waals surface area (Å²) in [6, 6.07) is 14.3. The Balaban J connectivity index is 0.00000442. The number of carboxylic acid groups (broad SMARTS) is 1. The van der Waals surface area contributed by atoms with E-state index in [1.54, 1.807) is 32.4 Å². The molecule has 3 aromatic rings. The van der Waals surface area contributed by atoms with Gasteiger partial charge in [-0.1, -0.05) is 23.7 Å². The van der Waals surface area contributed by atoms with E-state index < -0.39 is 17.4 Å². The molecular weight excluding hydrogens is 605 g/mol. The molecule has 3 unspecified atom stereocenters. The first kappa shape index (κ1) is 33.4. The summed E-state index contributed by atoms with van der Waals surface area (Å²) in [5.41, 5.74) is 1.31. The fourth-order valence-electron chi connectivity index (χ4n) is 6.51. The summed E-state index contributed by atoms with van der Waals surface area (Å²) in [4.78, 5) is 33.1. The highest BCUT2D eigenvalue weighted by Crippen LogP contribution is 2.51. The number of carbonyl (C=O) groups excluding carboxylic acids is 1. The molecular formula is C33H39Cl2N3O6. The number of benzene rings is 2. The summed E-state index contributed by atoms with van der Waals surface area (Å²) < 4.78 is 17.4. The van der Waals surface area contributed by atoms with Gasteiger partial charge < -0.3 is 29.5 Å². The van der Waals surface area contributed by atoms with Crippen LogP contribution >= 0.6 is 24.0 Å². The largest absolute Gasteiger partial charge is 0.496 e. The van der Waals surface area contributed by atoms with Crippen molar-refractivity contribution in [1.29, 1.82) is 0 Å². The molecule has 3 atom stereocenters. The maximum Gasteiger partial charge on any atom is 0.329 e. The molecule has 2 aromatic carbocycles. The molecule has 2 aliphatic carbocycles. The number of hydrogen-bond acceptors (Lipinski definition) is 7. The van der Waals surface area contributed by atoms with E-state index in [0.717, 1.165) is 32.2 Å². The quantitative estimate of drug-likeness (QED) is 0.224. The molecule has 0 aliphatic heterocycles. The maximum atomic E-state index is 13.7. The van der Waals surface area contributed by atoms with E-state index in [4.69, 9.17) is 30.8 Å². The highest BCUT2D eigenvalue weighted by atomic mass is 35.5. The number of rotatable bonds is 12. The van der Waals surface area contributed by atoms with Crippen molar-refractivity contribution in [1.82, 2.24) is 15.2 Å². The Hall–Kier alpha value is -3.53. The van der Waals surface area contributed by atoms with Gasteiger partial charge in [-0.15, -0.1) is 12.4 Å². The number of nitrogens with one attached hydrogen (secondary N) is 1. The Morgan fingerprint density at radius 1 is 1.07 bits per heavy atom. The second-order valence-electron chi connectivity index (χ2n) is 11.6. The molecule has 0 radical (unpaired) electrons. The van der Waals surface area contributed by atoms with Gasteiger partial charge in [-0.05, 0) is 94.4 Å². The van der Waals surface area contributed by atoms with Crippen molar-refractivity contribution >= 4 is 35.9 Å². The van der Waals surface area contributed by atoms with Gasteiger partial charge in [0.05, 0.1) is 37.1 Å². The number of carboxylic acids is 1. The molecule has 5 rings (SSSR count). The smallest absolute Gasteiger partial charge is 0.329 e. The third-order valence-corrected chi connectivity index (χ3v) is 8.92. The predicted molar refractivity (Wildman–Crippen MR) is 172 cm³/mol. The van der Waals surface area contributed by atoms with Crippen LogP contribution in [0, 0.1) is 11.8 Å². The molecule has 1 aromatic heterocycles. The Bertz CT molecular complexity index is 1490. The second-order valence-corrected chi connectivity index (χ2v) is 12.0. The highest BCUT2D eigenvalue weighted by Gasteiger charge is 2.57. The SMILES string of the molecule is COc1cccc(OC)c1-c1ccc(C(=O)NC2(C(=O)O)CC3CCC2C3)nc1-c1ccc(Cl)c(OCCCN(C)C)c1.Cl. The lowest BCUT2D eigenvalue weighted by Gasteiger charge is -2.34. The molecule has 2 N–H and O–H groups in total. The van der Waals surface area contributed by atoms with Crippen molar-refractivity contribution < 1.29 is 28.9 Å². The molecule has 9 nitrogen and oxygen atoms in total. The van der Waals surface area contributed by atoms with E-state index in [1.807, 2.05) is 44.4 Å². The summed E-state index contributed by atoms with van der Waals surface area (Å²) in [5.74, 6) is 0.358. The zero-order chi connectivity index (χ0) is 30.7. The Morgan fingerprint density at radius 2 is 1.80 bits per heavy atom. The standard InChI is InChI=1S/C33H38ClN3O6.ClH/c1-37(2)15-6-16-43-28-18-21(10-13-24(28)34)30-23(29-26(41-3)7-5-8-27(29)42-4)12-14-25(35-30)31(38)36-33(32(39)40)19-20-9-11-22(33)17-20;/h5,7-8,10,12-14,18,20,22H,6,9,11,15-17,19H2,1-4H3,(H,36,38)(H,39,40);1H. The van der Waals surface area contributed by atoms with Crippen LogP contribution in [0.15, 0.2) is 48.5 Å². The fourth-order valence-corrected chi connectivity index (χ4v) is 6.69. The summed E-state index contributed by atoms with van der Waals surface area (Å²) in [6.07, 6.45) is 3.88. The number of fused-ring (bicyclic) bond motifs is 2. The maximum absolute atomic E-state index is 13.7. The molecule has 236 valence electrons. The number of aliphatic carboxylic acids is 1. The second kappa shape index (κ2) is 14.1. The number of amides is 1. The van der Waals surface area contributed by atoms with Crippen molar-refractivity contribution in [2.45, 2.75) is 37.6 Å². The van der Waals surface area contributed by atoms with E-state index in [1.165, 1.54) is 0 Å². The van der Waals surface area contributed by atoms with Gasteiger partial charge in [0, 0.05) is 17.7 Å². The number of hydrogen-bond donors (Lipinski definition) is 2. The van der Waals surface area contributed by atoms with E-state index >= 15 is 0 Å². The normalized spacial score (nSPS) is 20.2. The van der Waals surface area contributed by atoms with Crippen LogP contribution in [0.5, 0.6) is 17.2 Å². The number of methoxy groups -OCH3 is 2. The van der Waals surface area contributed by atoms with Crippen LogP contribution in [-0.4, -0.2) is 73.9 Å². The minimum absolute atomic E-state index is 0. The van der Waals surface area contributed by atoms with E-state index in [9.17, 15) is 14.7 Å². The molecule has 2 bridgehead atoms. The van der Waals surface area contributed by atoms with Gasteiger partial charge in [0.1, 0.15) is 28.5 Å². The Kier molecular flexibility index (Phi) is 10.7. The molecule has 1 amide bonds. The van der Waals surface area contributed by atoms with Crippen molar-refractivity contribution in [3.05, 3.63) is 59.2 Å². The van der Waals surface area contributed by atoms with Crippen molar-refractivity contribution in [2.24, 2.45) is 11.8 Å². The fraction of sp³-hybridized carbons (Fsp3) is 0.424. The number of carbonyl (C=O) groups is 2. The van der Waals surface area contributed by atoms with Gasteiger partial charge >= 0.3 is 5.97 Å². The molecule has 11 heteroatoms. The van der Waals surface area contributed by atoms with Crippen LogP contribution in [0.1, 0.15) is 42.6 Å². The van der Waals surface area contributed by atoms with Gasteiger partial charge in [0.2, 0.25) is 0 Å². The third kappa shape index (κ3) is 6.60. The molecule has 2 aliphatic rings. The highest BCUT2D eigenvalue weighted by molar-refractivity contribution is 6.32. The van der Waals surface area contributed by atoms with E-state index in [0.29, 0.717) is 63.6 Å². The number of ether oxygens (including phenoxy) is 3. The lowest BCUT2D eigenvalue weighted by atomic mass is 9.80. The monoisotopic (exact) mass is 643 g/mol. The van der Waals surface area contributed by atoms with Gasteiger partial charge in [0.25, 0.3) is 5.91 Å². The number of nitrogens with zero attached hydrogens (tertiary/aromatic N) is 2. The first-order valence-corrected chi connectivity index (χ1v) is 14.9. The van der Waals surface area contributed by atoms with Crippen molar-refractivity contribution in [2.75, 3.05) is 41.5 Å². The van der Waals surface area contributed by atoms with Crippen LogP contribution in [0.4, 0.5) is 0 Å². The number of aromatic nitrogens is 1. The molecule has 2 fully saturated rings. The molecule has 44 heavy (non-hydrogen) atoms. The average molecular weight is 645 g/mol. The van der Waals surface area contributed by atoms with E-state index in [2.05, 4.69) is 10.2 Å². The minimum Gasteiger partial charge on any atom is -0.496 e. The Morgan fingerprint density at radius 3 is 2.39 bits per heavy atom. The number of pyridine rings is 1. The topological polar surface area (TPSA) is 110 Å². The Labute approximate surface area is 269 Å². The lowest BCUT2D eigenvalue weighted by molar-refractivity contribution is -0.146. The molecule has 0 saturated heterocycles. The van der Waals surface area contributed by atoms with Gasteiger partial charge in [-0.2, -0.15) is 0 Å². The van der Waals surface area contributed by atoms with Crippen LogP contribution < -0.4 is 19.5 Å². The van der Waals surface area contributed by atoms with Crippen LogP contribution in [0.25, 0.3) is 22.4 Å². The van der Waals surface area contributed by atoms with Gasteiger partial charge in [-0.3, -0.25) is 4.79 Å². The summed E-state index contributed by atoms with van der Waals surface area (Å²) in [5, 5.41) is 13.5. The van der Waals surface area contributed by atoms with Gasteiger partial charge in [0.15, 0.2) is 0 Å². The van der Waals surface area contributed by atoms with Crippen molar-refractivity contribution in [3.8, 4) is 39.6 Å². The summed E-state index contributed by atoms with van der Waals surface area (Å²) >= 11 is 6.51. The van der Waals surface area contributed by atoms with Crippen molar-refractivity contribution in [3.63, 3.8) is 0 Å². The zero-order valence-corrected chi connectivity index (χ0v) is 27.0. The third-order valence-electron chi connectivity index (χ3n) is 8.60. The number of halogens is 2. The zero-order valence-electron chi connectivity index (χ0n) is 25.4. The minimum atomic E-state index is -1.28. The lowest BCUT2D eigenvalue weighted by Crippen LogP contribution is -2.58. The average Bonchev–Trinajstić information content (AvgIpc) is 3.61. The summed E-state index contributed by atoms with van der Waals surface area (Å²) in [6.45, 7) is 1.34. The molecule has 1 heterocycles. The predicted octanol–water partition coefficient (Wildman–Crippen LogP) is 6.21. The van der Waals surface area contributed by atoms with E-state index in [-0.39, 0.29) is 24.0 Å².